The Labute approximate surface area is 129 Å². The fraction of sp³-hybridized carbons (Fsp3) is 0.556. The zero-order valence-corrected chi connectivity index (χ0v) is 13.2. The molecule has 1 unspecified atom stereocenters. The van der Waals surface area contributed by atoms with Gasteiger partial charge in [0.15, 0.2) is 0 Å². The second-order valence-electron chi connectivity index (χ2n) is 6.02. The van der Waals surface area contributed by atoms with E-state index in [1.165, 1.54) is 32.1 Å². The Kier molecular flexibility index (Phi) is 6.12. The molecule has 1 aliphatic rings. The quantitative estimate of drug-likeness (QED) is 0.666. The Morgan fingerprint density at radius 2 is 2.00 bits per heavy atom. The normalized spacial score (nSPS) is 17.2. The molecule has 1 atom stereocenters. The molecule has 0 saturated heterocycles. The van der Waals surface area contributed by atoms with E-state index in [4.69, 9.17) is 5.73 Å². The molecule has 0 radical (unpaired) electrons. The van der Waals surface area contributed by atoms with Gasteiger partial charge in [-0.25, -0.2) is 0 Å². The highest BCUT2D eigenvalue weighted by Gasteiger charge is 2.21. The number of nitrogens with one attached hydrogen (secondary N) is 2. The van der Waals surface area contributed by atoms with Crippen molar-refractivity contribution in [2.75, 3.05) is 11.9 Å². The first-order chi connectivity index (χ1) is 10.2. The smallest absolute Gasteiger partial charge is 0.0771 e. The van der Waals surface area contributed by atoms with Gasteiger partial charge >= 0.3 is 0 Å². The van der Waals surface area contributed by atoms with Crippen LogP contribution in [0.1, 0.15) is 51.0 Å². The van der Waals surface area contributed by atoms with Gasteiger partial charge in [-0.15, -0.1) is 0 Å². The predicted octanol–water partition coefficient (Wildman–Crippen LogP) is 3.93. The third-order valence-electron chi connectivity index (χ3n) is 4.32. The van der Waals surface area contributed by atoms with Gasteiger partial charge in [0.1, 0.15) is 0 Å². The Morgan fingerprint density at radius 3 is 2.71 bits per heavy atom. The van der Waals surface area contributed by atoms with Crippen LogP contribution in [0.25, 0.3) is 5.70 Å². The van der Waals surface area contributed by atoms with Crippen molar-refractivity contribution in [1.82, 2.24) is 5.32 Å². The summed E-state index contributed by atoms with van der Waals surface area (Å²) in [7, 11) is 0. The van der Waals surface area contributed by atoms with Crippen LogP contribution in [0.3, 0.4) is 0 Å². The summed E-state index contributed by atoms with van der Waals surface area (Å²) in [6.07, 6.45) is 7.55. The maximum atomic E-state index is 6.34. The summed E-state index contributed by atoms with van der Waals surface area (Å²) in [6, 6.07) is 8.30. The Bertz CT molecular complexity index is 450. The van der Waals surface area contributed by atoms with E-state index < -0.39 is 0 Å². The van der Waals surface area contributed by atoms with Crippen LogP contribution in [0, 0.1) is 5.92 Å². The largest absolute Gasteiger partial charge is 0.385 e. The Balaban J connectivity index is 1.98. The van der Waals surface area contributed by atoms with Crippen LogP contribution in [0.2, 0.25) is 0 Å². The number of benzene rings is 1. The van der Waals surface area contributed by atoms with Gasteiger partial charge in [0, 0.05) is 23.5 Å². The minimum absolute atomic E-state index is 0.0111. The third kappa shape index (κ3) is 4.50. The molecule has 0 aromatic heterocycles. The lowest BCUT2D eigenvalue weighted by Gasteiger charge is -2.29. The summed E-state index contributed by atoms with van der Waals surface area (Å²) in [5.41, 5.74) is 9.52. The van der Waals surface area contributed by atoms with Crippen molar-refractivity contribution < 1.29 is 0 Å². The summed E-state index contributed by atoms with van der Waals surface area (Å²) in [4.78, 5) is 0. The first-order valence-corrected chi connectivity index (χ1v) is 8.26. The second-order valence-corrected chi connectivity index (χ2v) is 6.02. The molecule has 21 heavy (non-hydrogen) atoms. The van der Waals surface area contributed by atoms with Crippen molar-refractivity contribution in [3.05, 3.63) is 36.4 Å². The van der Waals surface area contributed by atoms with Crippen LogP contribution in [-0.2, 0) is 0 Å². The summed E-state index contributed by atoms with van der Waals surface area (Å²) in [6.45, 7) is 7.34. The highest BCUT2D eigenvalue weighted by Crippen LogP contribution is 2.27. The lowest BCUT2D eigenvalue weighted by atomic mass is 9.87. The summed E-state index contributed by atoms with van der Waals surface area (Å²) < 4.78 is 0. The minimum atomic E-state index is 0.0111. The lowest BCUT2D eigenvalue weighted by Crippen LogP contribution is -2.43. The average molecular weight is 287 g/mol. The van der Waals surface area contributed by atoms with E-state index in [0.717, 1.165) is 29.9 Å². The molecule has 3 nitrogen and oxygen atoms in total. The topological polar surface area (TPSA) is 50.1 Å². The van der Waals surface area contributed by atoms with Gasteiger partial charge in [-0.3, -0.25) is 0 Å². The fourth-order valence-electron chi connectivity index (χ4n) is 3.05. The molecule has 0 amide bonds. The molecule has 0 aliphatic heterocycles. The van der Waals surface area contributed by atoms with Crippen molar-refractivity contribution >= 4 is 11.4 Å². The fourth-order valence-corrected chi connectivity index (χ4v) is 3.05. The zero-order valence-electron chi connectivity index (χ0n) is 13.2. The van der Waals surface area contributed by atoms with Crippen molar-refractivity contribution in [1.29, 1.82) is 0 Å². The van der Waals surface area contributed by atoms with E-state index in [9.17, 15) is 0 Å². The van der Waals surface area contributed by atoms with Crippen LogP contribution in [0.15, 0.2) is 30.8 Å². The van der Waals surface area contributed by atoms with Crippen molar-refractivity contribution in [2.45, 2.75) is 51.6 Å². The molecule has 116 valence electrons. The summed E-state index contributed by atoms with van der Waals surface area (Å²) in [5.74, 6) is 0.575. The van der Waals surface area contributed by atoms with E-state index in [1.807, 2.05) is 6.07 Å². The van der Waals surface area contributed by atoms with Gasteiger partial charge in [-0.1, -0.05) is 51.0 Å². The van der Waals surface area contributed by atoms with Gasteiger partial charge in [-0.2, -0.15) is 0 Å². The monoisotopic (exact) mass is 287 g/mol. The predicted molar refractivity (Wildman–Crippen MR) is 91.9 cm³/mol. The van der Waals surface area contributed by atoms with E-state index >= 15 is 0 Å². The molecule has 0 bridgehead atoms. The summed E-state index contributed by atoms with van der Waals surface area (Å²) in [5, 5.41) is 6.88. The highest BCUT2D eigenvalue weighted by molar-refractivity contribution is 5.74. The van der Waals surface area contributed by atoms with Gasteiger partial charge in [-0.05, 0) is 31.2 Å². The second kappa shape index (κ2) is 8.08. The molecule has 1 aromatic carbocycles. The molecule has 1 aromatic rings. The van der Waals surface area contributed by atoms with Crippen molar-refractivity contribution in [3.63, 3.8) is 0 Å². The van der Waals surface area contributed by atoms with E-state index in [1.54, 1.807) is 0 Å². The van der Waals surface area contributed by atoms with Crippen LogP contribution >= 0.6 is 0 Å². The van der Waals surface area contributed by atoms with Crippen LogP contribution in [0.5, 0.6) is 0 Å². The maximum Gasteiger partial charge on any atom is 0.0771 e. The maximum absolute atomic E-state index is 6.34. The number of rotatable bonds is 7. The molecule has 0 heterocycles. The van der Waals surface area contributed by atoms with Gasteiger partial charge in [0.2, 0.25) is 0 Å². The molecule has 3 heteroatoms. The molecular weight excluding hydrogens is 258 g/mol. The molecule has 1 aliphatic carbocycles. The summed E-state index contributed by atoms with van der Waals surface area (Å²) >= 11 is 0. The third-order valence-corrected chi connectivity index (χ3v) is 4.32. The SMILES string of the molecule is C=C(NC(N)C1CCCCC1)c1ccccc1NCCC. The van der Waals surface area contributed by atoms with Crippen molar-refractivity contribution in [3.8, 4) is 0 Å². The van der Waals surface area contributed by atoms with Crippen LogP contribution in [0.4, 0.5) is 5.69 Å². The average Bonchev–Trinajstić information content (AvgIpc) is 2.54. The van der Waals surface area contributed by atoms with Crippen molar-refractivity contribution in [2.24, 2.45) is 11.7 Å². The van der Waals surface area contributed by atoms with Gasteiger partial charge in [0.25, 0.3) is 0 Å². The molecular formula is C18H29N3. The van der Waals surface area contributed by atoms with E-state index in [2.05, 4.69) is 42.3 Å². The number of nitrogens with two attached hydrogens (primary N) is 1. The van der Waals surface area contributed by atoms with Crippen LogP contribution < -0.4 is 16.4 Å². The highest BCUT2D eigenvalue weighted by atomic mass is 15.0. The number of hydrogen-bond donors (Lipinski definition) is 3. The van der Waals surface area contributed by atoms with Gasteiger partial charge < -0.3 is 16.4 Å². The van der Waals surface area contributed by atoms with Gasteiger partial charge in [0.05, 0.1) is 6.17 Å². The number of para-hydroxylation sites is 1. The van der Waals surface area contributed by atoms with Crippen LogP contribution in [-0.4, -0.2) is 12.7 Å². The Hall–Kier alpha value is -1.48. The first-order valence-electron chi connectivity index (χ1n) is 8.26. The number of hydrogen-bond acceptors (Lipinski definition) is 3. The number of anilines is 1. The zero-order chi connectivity index (χ0) is 15.1. The lowest BCUT2D eigenvalue weighted by molar-refractivity contribution is 0.291. The Morgan fingerprint density at radius 1 is 1.29 bits per heavy atom. The molecule has 4 N–H and O–H groups in total. The molecule has 0 spiro atoms. The molecule has 1 saturated carbocycles. The standard InChI is InChI=1S/C18H29N3/c1-3-13-20-17-12-8-7-11-16(17)14(2)21-18(19)15-9-5-4-6-10-15/h7-8,11-12,15,18,20-21H,2-6,9-10,13,19H2,1H3. The minimum Gasteiger partial charge on any atom is -0.385 e. The van der Waals surface area contributed by atoms with E-state index in [-0.39, 0.29) is 6.17 Å². The molecule has 1 fully saturated rings. The van der Waals surface area contributed by atoms with E-state index in [0.29, 0.717) is 5.92 Å². The first kappa shape index (κ1) is 15.9. The molecule has 2 rings (SSSR count).